The molecule has 0 aliphatic heterocycles. The van der Waals surface area contributed by atoms with Crippen LogP contribution in [-0.2, 0) is 0 Å². The first-order chi connectivity index (χ1) is 7.59. The lowest BCUT2D eigenvalue weighted by atomic mass is 10.0. The van der Waals surface area contributed by atoms with E-state index in [0.717, 1.165) is 5.56 Å². The second-order valence-electron chi connectivity index (χ2n) is 3.20. The topological polar surface area (TPSA) is 63.3 Å². The van der Waals surface area contributed by atoms with E-state index in [4.69, 9.17) is 22.4 Å². The Hall–Kier alpha value is -1.52. The summed E-state index contributed by atoms with van der Waals surface area (Å²) in [5, 5.41) is 11.7. The zero-order valence-electron chi connectivity index (χ0n) is 8.11. The van der Waals surface area contributed by atoms with Crippen molar-refractivity contribution in [1.29, 1.82) is 0 Å². The number of aromatic carboxylic acids is 1. The fraction of sp³-hybridized carbons (Fsp3) is 0. The van der Waals surface area contributed by atoms with Crippen molar-refractivity contribution in [2.75, 3.05) is 5.73 Å². The molecule has 0 fully saturated rings. The summed E-state index contributed by atoms with van der Waals surface area (Å²) in [6.45, 7) is 0. The minimum atomic E-state index is -1.02. The van der Waals surface area contributed by atoms with Crippen LogP contribution in [-0.4, -0.2) is 11.1 Å². The molecule has 2 aromatic rings. The number of nitrogens with two attached hydrogens (primary N) is 1. The summed E-state index contributed by atoms with van der Waals surface area (Å²) in [6.07, 6.45) is 0. The summed E-state index contributed by atoms with van der Waals surface area (Å²) in [4.78, 5) is 11.1. The molecule has 0 saturated heterocycles. The van der Waals surface area contributed by atoms with Crippen molar-refractivity contribution >= 4 is 33.9 Å². The van der Waals surface area contributed by atoms with Crippen molar-refractivity contribution in [1.82, 2.24) is 0 Å². The van der Waals surface area contributed by atoms with Crippen molar-refractivity contribution < 1.29 is 9.90 Å². The Morgan fingerprint density at radius 1 is 1.44 bits per heavy atom. The Kier molecular flexibility index (Phi) is 2.85. The molecule has 0 amide bonds. The van der Waals surface area contributed by atoms with E-state index in [1.807, 2.05) is 0 Å². The van der Waals surface area contributed by atoms with Crippen LogP contribution in [0.5, 0.6) is 0 Å². The highest BCUT2D eigenvalue weighted by atomic mass is 35.5. The maximum absolute atomic E-state index is 11.1. The van der Waals surface area contributed by atoms with Crippen molar-refractivity contribution in [3.05, 3.63) is 40.2 Å². The molecule has 1 aromatic heterocycles. The van der Waals surface area contributed by atoms with E-state index in [1.54, 1.807) is 29.6 Å². The molecule has 0 bridgehead atoms. The Labute approximate surface area is 101 Å². The summed E-state index contributed by atoms with van der Waals surface area (Å²) in [6, 6.07) is 7.04. The number of nitrogen functional groups attached to an aromatic ring is 1. The Bertz CT molecular complexity index is 551. The van der Waals surface area contributed by atoms with E-state index in [1.165, 1.54) is 11.3 Å². The van der Waals surface area contributed by atoms with Crippen LogP contribution in [0.1, 0.15) is 10.4 Å². The number of anilines is 1. The van der Waals surface area contributed by atoms with E-state index < -0.39 is 5.97 Å². The lowest BCUT2D eigenvalue weighted by Gasteiger charge is -2.01. The van der Waals surface area contributed by atoms with Gasteiger partial charge in [0.05, 0.1) is 0 Å². The van der Waals surface area contributed by atoms with E-state index in [-0.39, 0.29) is 5.56 Å². The highest BCUT2D eigenvalue weighted by Crippen LogP contribution is 2.34. The minimum Gasteiger partial charge on any atom is -0.478 e. The van der Waals surface area contributed by atoms with Crippen LogP contribution in [0, 0.1) is 0 Å². The van der Waals surface area contributed by atoms with Crippen LogP contribution in [0.15, 0.2) is 29.6 Å². The number of halogens is 1. The van der Waals surface area contributed by atoms with Gasteiger partial charge in [-0.25, -0.2) is 4.79 Å². The van der Waals surface area contributed by atoms with Gasteiger partial charge in [-0.3, -0.25) is 0 Å². The molecule has 1 aromatic carbocycles. The van der Waals surface area contributed by atoms with Gasteiger partial charge in [-0.15, -0.1) is 11.3 Å². The van der Waals surface area contributed by atoms with Gasteiger partial charge in [0.25, 0.3) is 0 Å². The van der Waals surface area contributed by atoms with Crippen molar-refractivity contribution in [2.45, 2.75) is 0 Å². The molecule has 16 heavy (non-hydrogen) atoms. The largest absolute Gasteiger partial charge is 0.478 e. The van der Waals surface area contributed by atoms with Crippen molar-refractivity contribution in [3.8, 4) is 11.1 Å². The smallest absolute Gasteiger partial charge is 0.339 e. The summed E-state index contributed by atoms with van der Waals surface area (Å²) in [5.74, 6) is -1.02. The number of hydrogen-bond acceptors (Lipinski definition) is 3. The Morgan fingerprint density at radius 2 is 2.19 bits per heavy atom. The first kappa shape index (κ1) is 11.0. The van der Waals surface area contributed by atoms with Gasteiger partial charge in [-0.1, -0.05) is 23.7 Å². The van der Waals surface area contributed by atoms with E-state index in [0.29, 0.717) is 15.6 Å². The van der Waals surface area contributed by atoms with Crippen LogP contribution in [0.2, 0.25) is 5.02 Å². The van der Waals surface area contributed by atoms with Gasteiger partial charge in [0.2, 0.25) is 0 Å². The molecule has 1 heterocycles. The average Bonchev–Trinajstić information content (AvgIpc) is 2.60. The summed E-state index contributed by atoms with van der Waals surface area (Å²) in [5.41, 5.74) is 7.14. The molecule has 0 saturated carbocycles. The third kappa shape index (κ3) is 1.89. The highest BCUT2D eigenvalue weighted by molar-refractivity contribution is 7.14. The minimum absolute atomic E-state index is 0.146. The van der Waals surface area contributed by atoms with Gasteiger partial charge in [-0.05, 0) is 17.7 Å². The van der Waals surface area contributed by atoms with Crippen LogP contribution in [0.4, 0.5) is 5.00 Å². The van der Waals surface area contributed by atoms with Gasteiger partial charge >= 0.3 is 5.97 Å². The first-order valence-corrected chi connectivity index (χ1v) is 5.71. The zero-order valence-corrected chi connectivity index (χ0v) is 9.68. The maximum atomic E-state index is 11.1. The second-order valence-corrected chi connectivity index (χ2v) is 4.55. The maximum Gasteiger partial charge on any atom is 0.339 e. The monoisotopic (exact) mass is 253 g/mol. The number of benzene rings is 1. The van der Waals surface area contributed by atoms with Crippen LogP contribution < -0.4 is 5.73 Å². The lowest BCUT2D eigenvalue weighted by Crippen LogP contribution is -2.00. The second kappa shape index (κ2) is 4.15. The van der Waals surface area contributed by atoms with Crippen LogP contribution >= 0.6 is 22.9 Å². The van der Waals surface area contributed by atoms with Gasteiger partial charge in [0, 0.05) is 16.0 Å². The number of carboxylic acids is 1. The number of thiophene rings is 1. The SMILES string of the molecule is Nc1scc(-c2cccc(Cl)c2)c1C(=O)O. The third-order valence-electron chi connectivity index (χ3n) is 2.17. The van der Waals surface area contributed by atoms with E-state index in [9.17, 15) is 4.79 Å². The number of carboxylic acid groups (broad SMARTS) is 1. The molecule has 0 aliphatic rings. The molecular formula is C11H8ClNO2S. The van der Waals surface area contributed by atoms with E-state index in [2.05, 4.69) is 0 Å². The van der Waals surface area contributed by atoms with Crippen LogP contribution in [0.25, 0.3) is 11.1 Å². The first-order valence-electron chi connectivity index (χ1n) is 4.46. The fourth-order valence-corrected chi connectivity index (χ4v) is 2.47. The molecule has 0 spiro atoms. The van der Waals surface area contributed by atoms with Crippen molar-refractivity contribution in [2.24, 2.45) is 0 Å². The number of carbonyl (C=O) groups is 1. The van der Waals surface area contributed by atoms with Crippen LogP contribution in [0.3, 0.4) is 0 Å². The normalized spacial score (nSPS) is 10.3. The highest BCUT2D eigenvalue weighted by Gasteiger charge is 2.17. The number of rotatable bonds is 2. The molecule has 82 valence electrons. The fourth-order valence-electron chi connectivity index (χ4n) is 1.46. The molecule has 0 aliphatic carbocycles. The zero-order chi connectivity index (χ0) is 11.7. The molecular weight excluding hydrogens is 246 g/mol. The molecule has 3 nitrogen and oxygen atoms in total. The Morgan fingerprint density at radius 3 is 2.81 bits per heavy atom. The van der Waals surface area contributed by atoms with Crippen molar-refractivity contribution in [3.63, 3.8) is 0 Å². The molecule has 3 N–H and O–H groups in total. The predicted octanol–water partition coefficient (Wildman–Crippen LogP) is 3.35. The third-order valence-corrected chi connectivity index (χ3v) is 3.22. The molecule has 0 unspecified atom stereocenters. The Balaban J connectivity index is 2.60. The van der Waals surface area contributed by atoms with Gasteiger partial charge in [0.1, 0.15) is 10.6 Å². The van der Waals surface area contributed by atoms with Gasteiger partial charge < -0.3 is 10.8 Å². The summed E-state index contributed by atoms with van der Waals surface area (Å²) < 4.78 is 0. The lowest BCUT2D eigenvalue weighted by molar-refractivity contribution is 0.0699. The molecule has 0 radical (unpaired) electrons. The predicted molar refractivity (Wildman–Crippen MR) is 66.1 cm³/mol. The summed E-state index contributed by atoms with van der Waals surface area (Å²) in [7, 11) is 0. The van der Waals surface area contributed by atoms with Gasteiger partial charge in [0.15, 0.2) is 0 Å². The molecule has 0 atom stereocenters. The average molecular weight is 254 g/mol. The standard InChI is InChI=1S/C11H8ClNO2S/c12-7-3-1-2-6(4-7)8-5-16-10(13)9(8)11(14)15/h1-5H,13H2,(H,14,15). The number of hydrogen-bond donors (Lipinski definition) is 2. The molecule has 5 heteroatoms. The quantitative estimate of drug-likeness (QED) is 0.863. The van der Waals surface area contributed by atoms with E-state index >= 15 is 0 Å². The molecule has 2 rings (SSSR count). The van der Waals surface area contributed by atoms with Gasteiger partial charge in [-0.2, -0.15) is 0 Å². The summed E-state index contributed by atoms with van der Waals surface area (Å²) >= 11 is 7.07.